The zero-order chi connectivity index (χ0) is 12.5. The lowest BCUT2D eigenvalue weighted by molar-refractivity contribution is 0.0117. The third-order valence-corrected chi connectivity index (χ3v) is 4.09. The Morgan fingerprint density at radius 1 is 1.00 bits per heavy atom. The van der Waals surface area contributed by atoms with Crippen LogP contribution in [0.2, 0.25) is 0 Å². The van der Waals surface area contributed by atoms with Gasteiger partial charge in [0.15, 0.2) is 0 Å². The normalized spacial score (nSPS) is 26.7. The second kappa shape index (κ2) is 4.54. The fraction of sp³-hybridized carbons (Fsp3) is 0.312. The Balaban J connectivity index is 1.82. The fourth-order valence-corrected chi connectivity index (χ4v) is 2.67. The highest BCUT2D eigenvalue weighted by atomic mass is 16.3. The number of aromatic nitrogens is 1. The Morgan fingerprint density at radius 3 is 2.17 bits per heavy atom. The summed E-state index contributed by atoms with van der Waals surface area (Å²) in [6.07, 6.45) is 4.41. The van der Waals surface area contributed by atoms with Crippen molar-refractivity contribution in [3.63, 3.8) is 0 Å². The molecule has 2 nitrogen and oxygen atoms in total. The van der Waals surface area contributed by atoms with Crippen LogP contribution in [0.25, 0.3) is 11.1 Å². The molecule has 1 aliphatic rings. The minimum atomic E-state index is -0.116. The smallest absolute Gasteiger partial charge is 0.0577 e. The van der Waals surface area contributed by atoms with Gasteiger partial charge in [-0.15, -0.1) is 0 Å². The molecule has 0 bridgehead atoms. The second-order valence-corrected chi connectivity index (χ2v) is 5.13. The van der Waals surface area contributed by atoms with Gasteiger partial charge in [-0.1, -0.05) is 31.2 Å². The molecule has 0 radical (unpaired) electrons. The number of nitrogens with zero attached hydrogens (tertiary/aromatic N) is 1. The molecule has 18 heavy (non-hydrogen) atoms. The van der Waals surface area contributed by atoms with E-state index in [0.717, 1.165) is 6.42 Å². The number of hydrogen-bond acceptors (Lipinski definition) is 2. The zero-order valence-electron chi connectivity index (χ0n) is 10.5. The number of benzene rings is 1. The van der Waals surface area contributed by atoms with Crippen LogP contribution in [-0.2, 0) is 0 Å². The maximum absolute atomic E-state index is 9.57. The molecule has 1 aliphatic carbocycles. The van der Waals surface area contributed by atoms with Crippen LogP contribution in [0.15, 0.2) is 48.8 Å². The first-order chi connectivity index (χ1) is 8.75. The molecule has 0 saturated heterocycles. The van der Waals surface area contributed by atoms with E-state index in [-0.39, 0.29) is 6.10 Å². The average Bonchev–Trinajstić information content (AvgIpc) is 2.45. The molecule has 3 rings (SSSR count). The van der Waals surface area contributed by atoms with Crippen molar-refractivity contribution in [1.29, 1.82) is 0 Å². The molecule has 1 saturated carbocycles. The second-order valence-electron chi connectivity index (χ2n) is 5.13. The van der Waals surface area contributed by atoms with Crippen molar-refractivity contribution in [2.75, 3.05) is 0 Å². The summed E-state index contributed by atoms with van der Waals surface area (Å²) in [7, 11) is 0. The Kier molecular flexibility index (Phi) is 2.88. The van der Waals surface area contributed by atoms with Crippen LogP contribution in [0, 0.1) is 5.92 Å². The molecule has 1 aromatic carbocycles. The van der Waals surface area contributed by atoms with Crippen LogP contribution in [0.3, 0.4) is 0 Å². The summed E-state index contributed by atoms with van der Waals surface area (Å²) in [5.74, 6) is 0.906. The van der Waals surface area contributed by atoms with Crippen molar-refractivity contribution in [1.82, 2.24) is 4.98 Å². The summed E-state index contributed by atoms with van der Waals surface area (Å²) in [6, 6.07) is 12.7. The standard InChI is InChI=1S/C16H17NO/c1-11-15(10-16(11)18)14-4-2-12(3-5-14)13-6-8-17-9-7-13/h2-9,11,15-16,18H,10H2,1H3. The van der Waals surface area contributed by atoms with Gasteiger partial charge in [-0.3, -0.25) is 4.98 Å². The van der Waals surface area contributed by atoms with Gasteiger partial charge in [0.25, 0.3) is 0 Å². The van der Waals surface area contributed by atoms with E-state index in [4.69, 9.17) is 0 Å². The Hall–Kier alpha value is -1.67. The van der Waals surface area contributed by atoms with Gasteiger partial charge in [-0.05, 0) is 47.1 Å². The third-order valence-electron chi connectivity index (χ3n) is 4.09. The van der Waals surface area contributed by atoms with Crippen LogP contribution >= 0.6 is 0 Å². The maximum Gasteiger partial charge on any atom is 0.0577 e. The minimum Gasteiger partial charge on any atom is -0.393 e. The van der Waals surface area contributed by atoms with Crippen LogP contribution in [-0.4, -0.2) is 16.2 Å². The summed E-state index contributed by atoms with van der Waals surface area (Å²) in [5, 5.41) is 9.57. The lowest BCUT2D eigenvalue weighted by Crippen LogP contribution is -2.37. The molecule has 1 aromatic heterocycles. The first kappa shape index (κ1) is 11.4. The van der Waals surface area contributed by atoms with Crippen molar-refractivity contribution in [3.05, 3.63) is 54.4 Å². The summed E-state index contributed by atoms with van der Waals surface area (Å²) >= 11 is 0. The monoisotopic (exact) mass is 239 g/mol. The van der Waals surface area contributed by atoms with E-state index >= 15 is 0 Å². The van der Waals surface area contributed by atoms with E-state index in [0.29, 0.717) is 11.8 Å². The number of aliphatic hydroxyl groups is 1. The van der Waals surface area contributed by atoms with Gasteiger partial charge in [0.2, 0.25) is 0 Å². The number of rotatable bonds is 2. The molecule has 3 unspecified atom stereocenters. The summed E-state index contributed by atoms with van der Waals surface area (Å²) < 4.78 is 0. The Labute approximate surface area is 107 Å². The van der Waals surface area contributed by atoms with Crippen LogP contribution < -0.4 is 0 Å². The lowest BCUT2D eigenvalue weighted by atomic mass is 9.69. The van der Waals surface area contributed by atoms with Gasteiger partial charge < -0.3 is 5.11 Å². The minimum absolute atomic E-state index is 0.116. The fourth-order valence-electron chi connectivity index (χ4n) is 2.67. The average molecular weight is 239 g/mol. The number of pyridine rings is 1. The molecule has 92 valence electrons. The van der Waals surface area contributed by atoms with E-state index in [9.17, 15) is 5.11 Å². The number of aliphatic hydroxyl groups excluding tert-OH is 1. The molecule has 1 heterocycles. The molecule has 2 aromatic rings. The van der Waals surface area contributed by atoms with E-state index < -0.39 is 0 Å². The topological polar surface area (TPSA) is 33.1 Å². The molecule has 0 aliphatic heterocycles. The molecule has 1 N–H and O–H groups in total. The van der Waals surface area contributed by atoms with Crippen molar-refractivity contribution < 1.29 is 5.11 Å². The molecule has 0 spiro atoms. The molecule has 3 atom stereocenters. The van der Waals surface area contributed by atoms with Crippen molar-refractivity contribution in [2.45, 2.75) is 25.4 Å². The van der Waals surface area contributed by atoms with E-state index in [1.165, 1.54) is 16.7 Å². The first-order valence-electron chi connectivity index (χ1n) is 6.44. The molecule has 0 amide bonds. The van der Waals surface area contributed by atoms with Crippen molar-refractivity contribution in [3.8, 4) is 11.1 Å². The van der Waals surface area contributed by atoms with Gasteiger partial charge in [0.05, 0.1) is 6.10 Å². The van der Waals surface area contributed by atoms with Gasteiger partial charge in [0.1, 0.15) is 0 Å². The first-order valence-corrected chi connectivity index (χ1v) is 6.44. The number of hydrogen-bond donors (Lipinski definition) is 1. The molecular formula is C16H17NO. The predicted octanol–water partition coefficient (Wildman–Crippen LogP) is 3.23. The molecular weight excluding hydrogens is 222 g/mol. The Bertz CT molecular complexity index is 521. The molecule has 1 fully saturated rings. The van der Waals surface area contributed by atoms with E-state index in [1.54, 1.807) is 0 Å². The zero-order valence-corrected chi connectivity index (χ0v) is 10.5. The highest BCUT2D eigenvalue weighted by Gasteiger charge is 2.36. The van der Waals surface area contributed by atoms with Gasteiger partial charge in [-0.2, -0.15) is 0 Å². The lowest BCUT2D eigenvalue weighted by Gasteiger charge is -2.39. The highest BCUT2D eigenvalue weighted by molar-refractivity contribution is 5.63. The molecule has 2 heteroatoms. The quantitative estimate of drug-likeness (QED) is 0.872. The van der Waals surface area contributed by atoms with Crippen molar-refractivity contribution in [2.24, 2.45) is 5.92 Å². The van der Waals surface area contributed by atoms with Crippen molar-refractivity contribution >= 4 is 0 Å². The maximum atomic E-state index is 9.57. The van der Waals surface area contributed by atoms with Crippen LogP contribution in [0.1, 0.15) is 24.8 Å². The summed E-state index contributed by atoms with van der Waals surface area (Å²) in [6.45, 7) is 2.12. The highest BCUT2D eigenvalue weighted by Crippen LogP contribution is 2.42. The largest absolute Gasteiger partial charge is 0.393 e. The van der Waals surface area contributed by atoms with Gasteiger partial charge >= 0.3 is 0 Å². The van der Waals surface area contributed by atoms with Gasteiger partial charge in [-0.25, -0.2) is 0 Å². The van der Waals surface area contributed by atoms with E-state index in [2.05, 4.69) is 36.2 Å². The predicted molar refractivity (Wildman–Crippen MR) is 72.2 cm³/mol. The summed E-state index contributed by atoms with van der Waals surface area (Å²) in [5.41, 5.74) is 3.75. The van der Waals surface area contributed by atoms with Crippen LogP contribution in [0.5, 0.6) is 0 Å². The SMILES string of the molecule is CC1C(O)CC1c1ccc(-c2ccncc2)cc1. The van der Waals surface area contributed by atoms with Crippen LogP contribution in [0.4, 0.5) is 0 Å². The van der Waals surface area contributed by atoms with E-state index in [1.807, 2.05) is 24.5 Å². The third kappa shape index (κ3) is 1.93. The van der Waals surface area contributed by atoms with Gasteiger partial charge in [0, 0.05) is 12.4 Å². The Morgan fingerprint density at radius 2 is 1.61 bits per heavy atom. The summed E-state index contributed by atoms with van der Waals surface area (Å²) in [4.78, 5) is 4.03.